The van der Waals surface area contributed by atoms with Gasteiger partial charge in [-0.25, -0.2) is 0 Å². The molecule has 1 atom stereocenters. The predicted octanol–water partition coefficient (Wildman–Crippen LogP) is 3.59. The lowest BCUT2D eigenvalue weighted by molar-refractivity contribution is 0.625. The number of hydrogen-bond acceptors (Lipinski definition) is 0. The Kier molecular flexibility index (Phi) is 2.49. The van der Waals surface area contributed by atoms with Crippen LogP contribution in [-0.4, -0.2) is 0 Å². The molecule has 0 radical (unpaired) electrons. The molecule has 2 rings (SSSR count). The van der Waals surface area contributed by atoms with Crippen molar-refractivity contribution in [2.45, 2.75) is 25.7 Å². The lowest BCUT2D eigenvalue weighted by Gasteiger charge is -2.10. The highest BCUT2D eigenvalue weighted by Crippen LogP contribution is 2.31. The average molecular weight is 172 g/mol. The van der Waals surface area contributed by atoms with Crippen molar-refractivity contribution in [3.05, 3.63) is 48.0 Å². The van der Waals surface area contributed by atoms with Gasteiger partial charge in [0.25, 0.3) is 0 Å². The van der Waals surface area contributed by atoms with E-state index in [4.69, 9.17) is 0 Å². The zero-order valence-corrected chi connectivity index (χ0v) is 8.00. The Bertz CT molecular complexity index is 284. The lowest BCUT2D eigenvalue weighted by atomic mass is 9.95. The number of benzene rings is 1. The van der Waals surface area contributed by atoms with Crippen LogP contribution in [0.5, 0.6) is 0 Å². The van der Waals surface area contributed by atoms with Gasteiger partial charge in [0.05, 0.1) is 0 Å². The van der Waals surface area contributed by atoms with Crippen molar-refractivity contribution in [1.82, 2.24) is 0 Å². The van der Waals surface area contributed by atoms with Crippen LogP contribution in [0.4, 0.5) is 0 Å². The first-order chi connectivity index (χ1) is 6.36. The Morgan fingerprint density at radius 3 is 2.62 bits per heavy atom. The van der Waals surface area contributed by atoms with Crippen LogP contribution in [0, 0.1) is 5.92 Å². The summed E-state index contributed by atoms with van der Waals surface area (Å²) in [6.45, 7) is 4.13. The molecule has 1 aliphatic carbocycles. The zero-order chi connectivity index (χ0) is 9.10. The van der Waals surface area contributed by atoms with Gasteiger partial charge < -0.3 is 0 Å². The molecule has 0 spiro atoms. The molecule has 1 aromatic rings. The molecule has 0 amide bonds. The van der Waals surface area contributed by atoms with E-state index in [1.165, 1.54) is 36.8 Å². The van der Waals surface area contributed by atoms with Crippen molar-refractivity contribution in [3.8, 4) is 0 Å². The fourth-order valence-electron chi connectivity index (χ4n) is 2.13. The lowest BCUT2D eigenvalue weighted by Crippen LogP contribution is -2.00. The van der Waals surface area contributed by atoms with E-state index in [0.717, 1.165) is 5.92 Å². The molecule has 0 aromatic heterocycles. The first-order valence-electron chi connectivity index (χ1n) is 5.08. The van der Waals surface area contributed by atoms with Crippen molar-refractivity contribution in [1.29, 1.82) is 0 Å². The van der Waals surface area contributed by atoms with Crippen LogP contribution < -0.4 is 0 Å². The average Bonchev–Trinajstić information content (AvgIpc) is 2.54. The van der Waals surface area contributed by atoms with Crippen molar-refractivity contribution in [2.24, 2.45) is 5.92 Å². The quantitative estimate of drug-likeness (QED) is 0.598. The van der Waals surface area contributed by atoms with Gasteiger partial charge in [-0.1, -0.05) is 42.5 Å². The third-order valence-corrected chi connectivity index (χ3v) is 2.95. The minimum absolute atomic E-state index is 0.752. The minimum atomic E-state index is 0.752. The second kappa shape index (κ2) is 3.78. The molecule has 0 heterocycles. The molecule has 0 N–H and O–H groups in total. The molecule has 0 aliphatic heterocycles. The first kappa shape index (κ1) is 8.55. The maximum Gasteiger partial charge on any atom is -0.0165 e. The van der Waals surface area contributed by atoms with Crippen LogP contribution in [0.2, 0.25) is 0 Å². The molecule has 0 nitrogen and oxygen atoms in total. The van der Waals surface area contributed by atoms with Crippen LogP contribution in [0.3, 0.4) is 0 Å². The maximum atomic E-state index is 4.13. The van der Waals surface area contributed by atoms with Gasteiger partial charge in [0, 0.05) is 0 Å². The summed E-state index contributed by atoms with van der Waals surface area (Å²) in [5.41, 5.74) is 2.92. The Morgan fingerprint density at radius 1 is 1.23 bits per heavy atom. The molecule has 68 valence electrons. The summed E-state index contributed by atoms with van der Waals surface area (Å²) in [4.78, 5) is 0. The van der Waals surface area contributed by atoms with E-state index in [1.54, 1.807) is 0 Å². The van der Waals surface area contributed by atoms with Crippen molar-refractivity contribution in [2.75, 3.05) is 0 Å². The van der Waals surface area contributed by atoms with E-state index in [9.17, 15) is 0 Å². The molecule has 1 aromatic carbocycles. The molecule has 0 heteroatoms. The molecule has 1 saturated carbocycles. The molecular formula is C13H16. The molecule has 1 fully saturated rings. The van der Waals surface area contributed by atoms with Crippen LogP contribution in [0.15, 0.2) is 42.5 Å². The van der Waals surface area contributed by atoms with Crippen molar-refractivity contribution < 1.29 is 0 Å². The Morgan fingerprint density at radius 2 is 2.00 bits per heavy atom. The number of allylic oxidation sites excluding steroid dienone is 1. The summed E-state index contributed by atoms with van der Waals surface area (Å²) >= 11 is 0. The van der Waals surface area contributed by atoms with Gasteiger partial charge in [0.15, 0.2) is 0 Å². The summed E-state index contributed by atoms with van der Waals surface area (Å²) < 4.78 is 0. The highest BCUT2D eigenvalue weighted by atomic mass is 14.2. The third kappa shape index (κ3) is 2.00. The second-order valence-electron chi connectivity index (χ2n) is 3.94. The Hall–Kier alpha value is -1.04. The Labute approximate surface area is 80.3 Å². The zero-order valence-electron chi connectivity index (χ0n) is 8.00. The van der Waals surface area contributed by atoms with E-state index < -0.39 is 0 Å². The molecule has 0 saturated heterocycles. The largest absolute Gasteiger partial charge is 0.0996 e. The summed E-state index contributed by atoms with van der Waals surface area (Å²) in [6, 6.07) is 10.7. The smallest absolute Gasteiger partial charge is 0.0165 e. The van der Waals surface area contributed by atoms with E-state index in [-0.39, 0.29) is 0 Å². The molecule has 0 bridgehead atoms. The molecular weight excluding hydrogens is 156 g/mol. The van der Waals surface area contributed by atoms with Gasteiger partial charge >= 0.3 is 0 Å². The van der Waals surface area contributed by atoms with Gasteiger partial charge in [0.1, 0.15) is 0 Å². The maximum absolute atomic E-state index is 4.13. The predicted molar refractivity (Wildman–Crippen MR) is 56.6 cm³/mol. The van der Waals surface area contributed by atoms with Gasteiger partial charge in [-0.3, -0.25) is 0 Å². The second-order valence-corrected chi connectivity index (χ2v) is 3.94. The van der Waals surface area contributed by atoms with Gasteiger partial charge in [-0.15, -0.1) is 0 Å². The fourth-order valence-corrected chi connectivity index (χ4v) is 2.13. The first-order valence-corrected chi connectivity index (χ1v) is 5.08. The van der Waals surface area contributed by atoms with E-state index in [0.29, 0.717) is 0 Å². The topological polar surface area (TPSA) is 0 Å². The summed E-state index contributed by atoms with van der Waals surface area (Å²) in [7, 11) is 0. The van der Waals surface area contributed by atoms with Gasteiger partial charge in [0.2, 0.25) is 0 Å². The summed E-state index contributed by atoms with van der Waals surface area (Å²) in [5.74, 6) is 0.752. The SMILES string of the molecule is C=C1CCCC1Cc1ccccc1. The van der Waals surface area contributed by atoms with E-state index in [2.05, 4.69) is 36.9 Å². The fraction of sp³-hybridized carbons (Fsp3) is 0.385. The van der Waals surface area contributed by atoms with Crippen molar-refractivity contribution >= 4 is 0 Å². The monoisotopic (exact) mass is 172 g/mol. The molecule has 1 aliphatic rings. The van der Waals surface area contributed by atoms with E-state index >= 15 is 0 Å². The number of hydrogen-bond donors (Lipinski definition) is 0. The summed E-state index contributed by atoms with van der Waals surface area (Å²) in [5, 5.41) is 0. The third-order valence-electron chi connectivity index (χ3n) is 2.95. The minimum Gasteiger partial charge on any atom is -0.0996 e. The van der Waals surface area contributed by atoms with E-state index in [1.807, 2.05) is 0 Å². The number of rotatable bonds is 2. The highest BCUT2D eigenvalue weighted by Gasteiger charge is 2.18. The Balaban J connectivity index is 2.02. The van der Waals surface area contributed by atoms with Gasteiger partial charge in [-0.05, 0) is 37.2 Å². The summed E-state index contributed by atoms with van der Waals surface area (Å²) in [6.07, 6.45) is 5.13. The van der Waals surface area contributed by atoms with Crippen LogP contribution in [0.1, 0.15) is 24.8 Å². The van der Waals surface area contributed by atoms with Crippen molar-refractivity contribution in [3.63, 3.8) is 0 Å². The standard InChI is InChI=1S/C13H16/c1-11-6-5-9-13(11)10-12-7-3-2-4-8-12/h2-4,7-8,13H,1,5-6,9-10H2. The van der Waals surface area contributed by atoms with Crippen LogP contribution >= 0.6 is 0 Å². The normalized spacial score (nSPS) is 22.2. The highest BCUT2D eigenvalue weighted by molar-refractivity contribution is 5.19. The van der Waals surface area contributed by atoms with Crippen LogP contribution in [-0.2, 0) is 6.42 Å². The van der Waals surface area contributed by atoms with Crippen LogP contribution in [0.25, 0.3) is 0 Å². The van der Waals surface area contributed by atoms with Gasteiger partial charge in [-0.2, -0.15) is 0 Å². The molecule has 1 unspecified atom stereocenters. The molecule has 13 heavy (non-hydrogen) atoms.